The molecular formula is C42H36N4O13. The molecule has 59 heavy (non-hydrogen) atoms. The number of carbonyl (C=O) groups excluding carboxylic acids is 6. The molecule has 5 aromatic carbocycles. The van der Waals surface area contributed by atoms with Crippen LogP contribution in [-0.2, 0) is 9.59 Å². The van der Waals surface area contributed by atoms with Crippen LogP contribution in [0.3, 0.4) is 0 Å². The minimum absolute atomic E-state index is 0.0629. The van der Waals surface area contributed by atoms with Crippen molar-refractivity contribution in [2.75, 3.05) is 24.7 Å². The molecule has 6 N–H and O–H groups in total. The lowest BCUT2D eigenvalue weighted by Crippen LogP contribution is -2.22. The summed E-state index contributed by atoms with van der Waals surface area (Å²) in [6.45, 7) is 3.99. The first-order valence-electron chi connectivity index (χ1n) is 17.2. The Bertz CT molecular complexity index is 2410. The largest absolute Gasteiger partial charge is 0.478 e. The minimum atomic E-state index is -1.43. The van der Waals surface area contributed by atoms with Gasteiger partial charge in [-0.25, -0.2) is 9.59 Å². The van der Waals surface area contributed by atoms with E-state index in [9.17, 15) is 48.6 Å². The number of amides is 4. The van der Waals surface area contributed by atoms with Gasteiger partial charge >= 0.3 is 11.9 Å². The molecule has 17 nitrogen and oxygen atoms in total. The lowest BCUT2D eigenvalue weighted by molar-refractivity contribution is -0.121. The summed E-state index contributed by atoms with van der Waals surface area (Å²) in [7, 11) is 2.70. The number of hydrogen-bond donors (Lipinski definition) is 6. The van der Waals surface area contributed by atoms with E-state index >= 15 is 0 Å². The molecule has 0 saturated heterocycles. The molecule has 4 amide bonds. The molecule has 0 heterocycles. The van der Waals surface area contributed by atoms with E-state index in [2.05, 4.69) is 26.0 Å². The number of rotatable bonds is 14. The molecule has 0 fully saturated rings. The Balaban J connectivity index is 0.000000268. The molecule has 0 atom stereocenters. The quantitative estimate of drug-likeness (QED) is 0.0763. The molecule has 5 aromatic rings. The van der Waals surface area contributed by atoms with Crippen molar-refractivity contribution in [3.63, 3.8) is 0 Å². The van der Waals surface area contributed by atoms with Gasteiger partial charge in [-0.15, -0.1) is 0 Å². The topological polar surface area (TPSA) is 253 Å². The van der Waals surface area contributed by atoms with Crippen molar-refractivity contribution in [3.8, 4) is 23.0 Å². The first-order chi connectivity index (χ1) is 28.2. The summed E-state index contributed by atoms with van der Waals surface area (Å²) in [4.78, 5) is 94.0. The average molecular weight is 805 g/mol. The Kier molecular flexibility index (Phi) is 14.7. The van der Waals surface area contributed by atoms with E-state index < -0.39 is 46.7 Å². The summed E-state index contributed by atoms with van der Waals surface area (Å²) < 4.78 is 15.1. The fourth-order valence-electron chi connectivity index (χ4n) is 5.19. The fraction of sp³-hybridized carbons (Fsp3) is 0.0952. The van der Waals surface area contributed by atoms with Gasteiger partial charge in [0.25, 0.3) is 36.6 Å². The van der Waals surface area contributed by atoms with E-state index in [-0.39, 0.29) is 46.7 Å². The average Bonchev–Trinajstić information content (AvgIpc) is 3.22. The normalized spacial score (nSPS) is 10.0. The highest BCUT2D eigenvalue weighted by molar-refractivity contribution is 6.14. The number of carboxylic acids is 2. The maximum atomic E-state index is 12.8. The predicted octanol–water partition coefficient (Wildman–Crippen LogP) is 5.47. The molecule has 17 heteroatoms. The molecule has 0 aliphatic carbocycles. The molecule has 0 saturated carbocycles. The lowest BCUT2D eigenvalue weighted by atomic mass is 10.0. The summed E-state index contributed by atoms with van der Waals surface area (Å²) in [6.07, 6.45) is 0. The van der Waals surface area contributed by atoms with E-state index in [1.807, 2.05) is 38.1 Å². The highest BCUT2D eigenvalue weighted by atomic mass is 16.5. The number of aryl methyl sites for hydroxylation is 2. The van der Waals surface area contributed by atoms with E-state index in [0.717, 1.165) is 35.4 Å². The van der Waals surface area contributed by atoms with Crippen LogP contribution in [-0.4, -0.2) is 72.8 Å². The van der Waals surface area contributed by atoms with Crippen LogP contribution in [0.15, 0.2) is 97.1 Å². The van der Waals surface area contributed by atoms with E-state index in [1.54, 1.807) is 48.5 Å². The number of benzene rings is 5. The zero-order valence-electron chi connectivity index (χ0n) is 31.8. The highest BCUT2D eigenvalue weighted by Gasteiger charge is 2.25. The summed E-state index contributed by atoms with van der Waals surface area (Å²) in [5, 5.41) is 28.7. The van der Waals surface area contributed by atoms with Gasteiger partial charge in [-0.1, -0.05) is 35.4 Å². The standard InChI is InChI=1S/C24H20N2O7.C18H16N2O6/c1-14-3-7-16(8-4-14)33-17-9-5-15(6-10-17)26-23(29)18-11-20(22(28)25-2)21(32-13-27)12-19(18)24(30)31;1-10-3-5-11(6-4-10)20-17(23)12-7-14(16(22)19-2)15(26-9-21)8-13(12)18(24)25/h3-13H,1-2H3,(H,25,28)(H,26,29)(H,30,31);3-9H,1-2H3,(H,19,22)(H,20,23)(H,24,25). The molecular weight excluding hydrogens is 768 g/mol. The summed E-state index contributed by atoms with van der Waals surface area (Å²) >= 11 is 0. The molecule has 302 valence electrons. The van der Waals surface area contributed by atoms with Gasteiger partial charge in [0, 0.05) is 25.5 Å². The van der Waals surface area contributed by atoms with Gasteiger partial charge in [-0.05, 0) is 86.6 Å². The Morgan fingerprint density at radius 1 is 0.475 bits per heavy atom. The lowest BCUT2D eigenvalue weighted by Gasteiger charge is -2.13. The Labute approximate surface area is 335 Å². The zero-order chi connectivity index (χ0) is 43.2. The second kappa shape index (κ2) is 20.0. The zero-order valence-corrected chi connectivity index (χ0v) is 31.8. The van der Waals surface area contributed by atoms with E-state index in [1.165, 1.54) is 14.1 Å². The molecule has 0 aromatic heterocycles. The van der Waals surface area contributed by atoms with Crippen LogP contribution in [0.4, 0.5) is 11.4 Å². The second-order valence-corrected chi connectivity index (χ2v) is 12.2. The van der Waals surface area contributed by atoms with Gasteiger partial charge in [0.05, 0.1) is 33.4 Å². The van der Waals surface area contributed by atoms with E-state index in [4.69, 9.17) is 9.47 Å². The number of carbonyl (C=O) groups is 8. The minimum Gasteiger partial charge on any atom is -0.478 e. The van der Waals surface area contributed by atoms with Crippen molar-refractivity contribution in [2.45, 2.75) is 13.8 Å². The van der Waals surface area contributed by atoms with Crippen molar-refractivity contribution < 1.29 is 62.8 Å². The maximum Gasteiger partial charge on any atom is 0.336 e. The van der Waals surface area contributed by atoms with Gasteiger partial charge in [0.1, 0.15) is 23.0 Å². The van der Waals surface area contributed by atoms with Crippen LogP contribution in [0.25, 0.3) is 0 Å². The van der Waals surface area contributed by atoms with Gasteiger partial charge in [0.2, 0.25) is 0 Å². The molecule has 0 spiro atoms. The van der Waals surface area contributed by atoms with Crippen LogP contribution in [0.2, 0.25) is 0 Å². The predicted molar refractivity (Wildman–Crippen MR) is 212 cm³/mol. The molecule has 0 bridgehead atoms. The van der Waals surface area contributed by atoms with Crippen LogP contribution >= 0.6 is 0 Å². The fourth-order valence-corrected chi connectivity index (χ4v) is 5.19. The van der Waals surface area contributed by atoms with Crippen molar-refractivity contribution in [3.05, 3.63) is 142 Å². The van der Waals surface area contributed by atoms with Crippen LogP contribution < -0.4 is 35.5 Å². The van der Waals surface area contributed by atoms with E-state index in [0.29, 0.717) is 22.9 Å². The SMILES string of the molecule is CNC(=O)c1cc(C(=O)Nc2ccc(C)cc2)c(C(=O)O)cc1OC=O.CNC(=O)c1cc(C(=O)Nc2ccc(Oc3ccc(C)cc3)cc2)c(C(=O)O)cc1OC=O. The number of carboxylic acid groups (broad SMARTS) is 2. The molecule has 0 aliphatic heterocycles. The number of hydrogen-bond acceptors (Lipinski definition) is 11. The highest BCUT2D eigenvalue weighted by Crippen LogP contribution is 2.28. The molecule has 0 aliphatic rings. The Morgan fingerprint density at radius 2 is 0.814 bits per heavy atom. The molecule has 0 radical (unpaired) electrons. The van der Waals surface area contributed by atoms with Crippen LogP contribution in [0.1, 0.15) is 73.3 Å². The molecule has 5 rings (SSSR count). The molecule has 0 unspecified atom stereocenters. The summed E-state index contributed by atoms with van der Waals surface area (Å²) in [5.41, 5.74) is 1.27. The summed E-state index contributed by atoms with van der Waals surface area (Å²) in [5.74, 6) is -4.95. The van der Waals surface area contributed by atoms with Crippen LogP contribution in [0, 0.1) is 13.8 Å². The third-order valence-electron chi connectivity index (χ3n) is 8.16. The monoisotopic (exact) mass is 804 g/mol. The number of nitrogens with one attached hydrogen (secondary N) is 4. The first kappa shape index (κ1) is 43.4. The third kappa shape index (κ3) is 11.4. The smallest absolute Gasteiger partial charge is 0.336 e. The van der Waals surface area contributed by atoms with Gasteiger partial charge in [-0.3, -0.25) is 28.8 Å². The summed E-state index contributed by atoms with van der Waals surface area (Å²) in [6, 6.07) is 24.9. The third-order valence-corrected chi connectivity index (χ3v) is 8.16. The number of aromatic carboxylic acids is 2. The van der Waals surface area contributed by atoms with Crippen molar-refractivity contribution in [2.24, 2.45) is 0 Å². The van der Waals surface area contributed by atoms with Gasteiger partial charge in [0.15, 0.2) is 0 Å². The van der Waals surface area contributed by atoms with Crippen molar-refractivity contribution in [1.82, 2.24) is 10.6 Å². The van der Waals surface area contributed by atoms with Crippen LogP contribution in [0.5, 0.6) is 23.0 Å². The van der Waals surface area contributed by atoms with Crippen molar-refractivity contribution >= 4 is 59.9 Å². The maximum absolute atomic E-state index is 12.8. The van der Waals surface area contributed by atoms with Gasteiger partial charge in [-0.2, -0.15) is 0 Å². The Morgan fingerprint density at radius 3 is 1.15 bits per heavy atom. The first-order valence-corrected chi connectivity index (χ1v) is 17.2. The van der Waals surface area contributed by atoms with Crippen molar-refractivity contribution in [1.29, 1.82) is 0 Å². The van der Waals surface area contributed by atoms with Gasteiger partial charge < -0.3 is 45.7 Å². The second-order valence-electron chi connectivity index (χ2n) is 12.2. The number of anilines is 2. The Hall–Kier alpha value is -8.34. The number of ether oxygens (including phenoxy) is 3.